The van der Waals surface area contributed by atoms with E-state index in [4.69, 9.17) is 33.7 Å². The molecule has 0 aromatic heterocycles. The van der Waals surface area contributed by atoms with Gasteiger partial charge >= 0.3 is 0 Å². The summed E-state index contributed by atoms with van der Waals surface area (Å²) in [6, 6.07) is 7.27. The Bertz CT molecular complexity index is 602. The van der Waals surface area contributed by atoms with E-state index in [-0.39, 0.29) is 5.82 Å². The molecule has 0 bridgehead atoms. The number of ether oxygens (including phenoxy) is 1. The Labute approximate surface area is 114 Å². The minimum atomic E-state index is -0.387. The van der Waals surface area contributed by atoms with Crippen LogP contribution in [-0.4, -0.2) is 7.11 Å². The molecule has 0 fully saturated rings. The summed E-state index contributed by atoms with van der Waals surface area (Å²) in [5, 5.41) is 0.786. The Morgan fingerprint density at radius 1 is 1.06 bits per heavy atom. The summed E-state index contributed by atoms with van der Waals surface area (Å²) in [7, 11) is 1.49. The van der Waals surface area contributed by atoms with Gasteiger partial charge in [-0.25, -0.2) is 4.39 Å². The summed E-state index contributed by atoms with van der Waals surface area (Å²) in [5.41, 5.74) is 7.31. The van der Waals surface area contributed by atoms with E-state index in [0.29, 0.717) is 32.6 Å². The highest BCUT2D eigenvalue weighted by Crippen LogP contribution is 2.38. The van der Waals surface area contributed by atoms with Gasteiger partial charge in [-0.3, -0.25) is 0 Å². The van der Waals surface area contributed by atoms with Crippen molar-refractivity contribution in [1.82, 2.24) is 0 Å². The second kappa shape index (κ2) is 5.04. The van der Waals surface area contributed by atoms with Crippen LogP contribution < -0.4 is 10.5 Å². The van der Waals surface area contributed by atoms with Crippen LogP contribution in [0.5, 0.6) is 5.75 Å². The molecule has 2 aromatic rings. The molecule has 0 aliphatic carbocycles. The van der Waals surface area contributed by atoms with Gasteiger partial charge in [0, 0.05) is 22.9 Å². The summed E-state index contributed by atoms with van der Waals surface area (Å²) in [4.78, 5) is 0. The van der Waals surface area contributed by atoms with Crippen LogP contribution in [0.2, 0.25) is 10.0 Å². The third-order valence-corrected chi connectivity index (χ3v) is 3.16. The van der Waals surface area contributed by atoms with Crippen molar-refractivity contribution in [2.24, 2.45) is 0 Å². The average Bonchev–Trinajstić information content (AvgIpc) is 2.35. The SMILES string of the molecule is COc1cc(Cl)c(-c2cc(F)ccc2N)cc1Cl. The summed E-state index contributed by atoms with van der Waals surface area (Å²) in [6.45, 7) is 0. The van der Waals surface area contributed by atoms with Crippen LogP contribution in [0.4, 0.5) is 10.1 Å². The zero-order valence-electron chi connectivity index (χ0n) is 9.51. The van der Waals surface area contributed by atoms with E-state index in [2.05, 4.69) is 0 Å². The molecule has 2 N–H and O–H groups in total. The summed E-state index contributed by atoms with van der Waals surface area (Å²) < 4.78 is 18.3. The van der Waals surface area contributed by atoms with Gasteiger partial charge in [0.05, 0.1) is 17.2 Å². The molecule has 0 spiro atoms. The van der Waals surface area contributed by atoms with Crippen molar-refractivity contribution in [3.63, 3.8) is 0 Å². The third kappa shape index (κ3) is 2.37. The molecular formula is C13H10Cl2FNO. The topological polar surface area (TPSA) is 35.2 Å². The van der Waals surface area contributed by atoms with Crippen molar-refractivity contribution < 1.29 is 9.13 Å². The van der Waals surface area contributed by atoms with Crippen LogP contribution >= 0.6 is 23.2 Å². The summed E-state index contributed by atoms with van der Waals surface area (Å²) in [5.74, 6) is 0.0719. The van der Waals surface area contributed by atoms with Gasteiger partial charge in [0.2, 0.25) is 0 Å². The van der Waals surface area contributed by atoms with E-state index < -0.39 is 0 Å². The van der Waals surface area contributed by atoms with E-state index in [0.717, 1.165) is 0 Å². The highest BCUT2D eigenvalue weighted by molar-refractivity contribution is 6.36. The fourth-order valence-corrected chi connectivity index (χ4v) is 2.15. The number of rotatable bonds is 2. The first-order chi connectivity index (χ1) is 8.52. The number of hydrogen-bond acceptors (Lipinski definition) is 2. The molecule has 0 aliphatic rings. The molecule has 0 amide bonds. The molecule has 0 heterocycles. The van der Waals surface area contributed by atoms with Crippen molar-refractivity contribution in [3.05, 3.63) is 46.2 Å². The fraction of sp³-hybridized carbons (Fsp3) is 0.0769. The molecule has 2 rings (SSSR count). The monoisotopic (exact) mass is 285 g/mol. The maximum absolute atomic E-state index is 13.3. The smallest absolute Gasteiger partial charge is 0.138 e. The van der Waals surface area contributed by atoms with Crippen molar-refractivity contribution >= 4 is 28.9 Å². The second-order valence-electron chi connectivity index (χ2n) is 3.70. The second-order valence-corrected chi connectivity index (χ2v) is 4.51. The van der Waals surface area contributed by atoms with E-state index in [9.17, 15) is 4.39 Å². The van der Waals surface area contributed by atoms with Crippen molar-refractivity contribution in [2.45, 2.75) is 0 Å². The minimum absolute atomic E-state index is 0.387. The van der Waals surface area contributed by atoms with Crippen LogP contribution in [0, 0.1) is 5.82 Å². The van der Waals surface area contributed by atoms with Gasteiger partial charge in [-0.2, -0.15) is 0 Å². The largest absolute Gasteiger partial charge is 0.495 e. The van der Waals surface area contributed by atoms with E-state index in [1.165, 1.54) is 25.3 Å². The highest BCUT2D eigenvalue weighted by Gasteiger charge is 2.12. The van der Waals surface area contributed by atoms with Gasteiger partial charge in [0.25, 0.3) is 0 Å². The predicted molar refractivity (Wildman–Crippen MR) is 72.8 cm³/mol. The van der Waals surface area contributed by atoms with Crippen LogP contribution in [0.1, 0.15) is 0 Å². The molecule has 5 heteroatoms. The van der Waals surface area contributed by atoms with E-state index in [1.807, 2.05) is 0 Å². The quantitative estimate of drug-likeness (QED) is 0.831. The average molecular weight is 286 g/mol. The molecular weight excluding hydrogens is 276 g/mol. The maximum atomic E-state index is 13.3. The first-order valence-electron chi connectivity index (χ1n) is 5.11. The van der Waals surface area contributed by atoms with Crippen molar-refractivity contribution in [2.75, 3.05) is 12.8 Å². The molecule has 0 aliphatic heterocycles. The Kier molecular flexibility index (Phi) is 3.64. The van der Waals surface area contributed by atoms with Gasteiger partial charge in [0.1, 0.15) is 11.6 Å². The van der Waals surface area contributed by atoms with Gasteiger partial charge in [-0.05, 0) is 24.3 Å². The lowest BCUT2D eigenvalue weighted by Crippen LogP contribution is -1.93. The maximum Gasteiger partial charge on any atom is 0.138 e. The first-order valence-corrected chi connectivity index (χ1v) is 5.87. The number of nitrogens with two attached hydrogens (primary N) is 1. The molecule has 2 nitrogen and oxygen atoms in total. The molecule has 18 heavy (non-hydrogen) atoms. The molecule has 2 aromatic carbocycles. The Balaban J connectivity index is 2.64. The van der Waals surface area contributed by atoms with Gasteiger partial charge in [-0.15, -0.1) is 0 Å². The van der Waals surface area contributed by atoms with Crippen molar-refractivity contribution in [1.29, 1.82) is 0 Å². The van der Waals surface area contributed by atoms with Crippen LogP contribution in [0.3, 0.4) is 0 Å². The number of benzene rings is 2. The lowest BCUT2D eigenvalue weighted by Gasteiger charge is -2.11. The molecule has 0 atom stereocenters. The number of methoxy groups -OCH3 is 1. The molecule has 94 valence electrons. The van der Waals surface area contributed by atoms with Crippen LogP contribution in [0.15, 0.2) is 30.3 Å². The number of anilines is 1. The highest BCUT2D eigenvalue weighted by atomic mass is 35.5. The lowest BCUT2D eigenvalue weighted by atomic mass is 10.0. The number of hydrogen-bond donors (Lipinski definition) is 1. The third-order valence-electron chi connectivity index (χ3n) is 2.55. The van der Waals surface area contributed by atoms with E-state index >= 15 is 0 Å². The Morgan fingerprint density at radius 3 is 2.44 bits per heavy atom. The summed E-state index contributed by atoms with van der Waals surface area (Å²) in [6.07, 6.45) is 0. The normalized spacial score (nSPS) is 10.4. The minimum Gasteiger partial charge on any atom is -0.495 e. The first kappa shape index (κ1) is 13.0. The zero-order chi connectivity index (χ0) is 13.3. The predicted octanol–water partition coefficient (Wildman–Crippen LogP) is 4.39. The number of nitrogen functional groups attached to an aromatic ring is 1. The van der Waals surface area contributed by atoms with Gasteiger partial charge < -0.3 is 10.5 Å². The van der Waals surface area contributed by atoms with Crippen LogP contribution in [0.25, 0.3) is 11.1 Å². The van der Waals surface area contributed by atoms with E-state index in [1.54, 1.807) is 12.1 Å². The zero-order valence-corrected chi connectivity index (χ0v) is 11.0. The summed E-state index contributed by atoms with van der Waals surface area (Å²) >= 11 is 12.1. The molecule has 0 saturated carbocycles. The molecule has 0 radical (unpaired) electrons. The fourth-order valence-electron chi connectivity index (χ4n) is 1.65. The van der Waals surface area contributed by atoms with Gasteiger partial charge in [0.15, 0.2) is 0 Å². The molecule has 0 unspecified atom stereocenters. The lowest BCUT2D eigenvalue weighted by molar-refractivity contribution is 0.415. The number of halogens is 3. The molecule has 0 saturated heterocycles. The van der Waals surface area contributed by atoms with Crippen molar-refractivity contribution in [3.8, 4) is 16.9 Å². The standard InChI is InChI=1S/C13H10Cl2FNO/c1-18-13-6-10(14)8(5-11(13)15)9-4-7(16)2-3-12(9)17/h2-6H,17H2,1H3. The Hall–Kier alpha value is -1.45. The van der Waals surface area contributed by atoms with Crippen LogP contribution in [-0.2, 0) is 0 Å². The van der Waals surface area contributed by atoms with Gasteiger partial charge in [-0.1, -0.05) is 23.2 Å². The Morgan fingerprint density at radius 2 is 1.78 bits per heavy atom.